The van der Waals surface area contributed by atoms with Crippen molar-refractivity contribution in [3.05, 3.63) is 29.3 Å². The van der Waals surface area contributed by atoms with Crippen LogP contribution in [0.4, 0.5) is 8.78 Å². The van der Waals surface area contributed by atoms with Crippen molar-refractivity contribution in [3.8, 4) is 5.75 Å². The highest BCUT2D eigenvalue weighted by molar-refractivity contribution is 5.79. The summed E-state index contributed by atoms with van der Waals surface area (Å²) < 4.78 is 30.9. The minimum atomic E-state index is -1.03. The van der Waals surface area contributed by atoms with Crippen LogP contribution in [0.5, 0.6) is 5.75 Å². The van der Waals surface area contributed by atoms with Crippen LogP contribution in [0.2, 0.25) is 0 Å². The zero-order valence-corrected chi connectivity index (χ0v) is 8.00. The van der Waals surface area contributed by atoms with Crippen LogP contribution >= 0.6 is 0 Å². The fraction of sp³-hybridized carbons (Fsp3) is 0.364. The summed E-state index contributed by atoms with van der Waals surface area (Å²) in [6.07, 6.45) is 2.66. The number of hydrogen-bond acceptors (Lipinski definition) is 2. The van der Waals surface area contributed by atoms with Gasteiger partial charge in [-0.2, -0.15) is 0 Å². The van der Waals surface area contributed by atoms with Crippen molar-refractivity contribution < 1.29 is 18.3 Å². The molecule has 0 spiro atoms. The van der Waals surface area contributed by atoms with Crippen LogP contribution in [0.25, 0.3) is 0 Å². The Morgan fingerprint density at radius 2 is 2.00 bits per heavy atom. The summed E-state index contributed by atoms with van der Waals surface area (Å²) in [5.41, 5.74) is 0.0505. The molecular weight excluding hydrogens is 202 g/mol. The largest absolute Gasteiger partial charge is 0.492 e. The summed E-state index contributed by atoms with van der Waals surface area (Å²) in [4.78, 5) is 10.6. The maximum Gasteiger partial charge on any atom is 0.162 e. The third kappa shape index (κ3) is 2.32. The van der Waals surface area contributed by atoms with Crippen LogP contribution in [0.3, 0.4) is 0 Å². The van der Waals surface area contributed by atoms with Gasteiger partial charge in [0.1, 0.15) is 5.75 Å². The van der Waals surface area contributed by atoms with Gasteiger partial charge in [-0.05, 0) is 24.8 Å². The van der Waals surface area contributed by atoms with Crippen LogP contribution in [0.15, 0.2) is 12.1 Å². The van der Waals surface area contributed by atoms with Crippen molar-refractivity contribution in [2.24, 2.45) is 5.92 Å². The first kappa shape index (κ1) is 10.1. The number of hydrogen-bond donors (Lipinski definition) is 0. The first-order chi connectivity index (χ1) is 7.20. The van der Waals surface area contributed by atoms with Gasteiger partial charge in [0, 0.05) is 6.07 Å². The van der Waals surface area contributed by atoms with Crippen molar-refractivity contribution in [3.63, 3.8) is 0 Å². The Labute approximate surface area is 85.9 Å². The maximum atomic E-state index is 12.9. The quantitative estimate of drug-likeness (QED) is 0.717. The second-order valence-corrected chi connectivity index (χ2v) is 3.68. The van der Waals surface area contributed by atoms with E-state index in [4.69, 9.17) is 4.74 Å². The van der Waals surface area contributed by atoms with Gasteiger partial charge >= 0.3 is 0 Å². The molecular formula is C11H10F2O2. The third-order valence-electron chi connectivity index (χ3n) is 2.35. The van der Waals surface area contributed by atoms with Crippen LogP contribution < -0.4 is 4.74 Å². The minimum Gasteiger partial charge on any atom is -0.492 e. The molecule has 1 aliphatic rings. The lowest BCUT2D eigenvalue weighted by atomic mass is 10.2. The fourth-order valence-electron chi connectivity index (χ4n) is 1.25. The Hall–Kier alpha value is -1.45. The molecule has 1 fully saturated rings. The van der Waals surface area contributed by atoms with E-state index in [0.717, 1.165) is 25.0 Å². The zero-order chi connectivity index (χ0) is 10.8. The molecule has 1 aromatic rings. The number of ether oxygens (including phenoxy) is 1. The Bertz CT molecular complexity index is 386. The van der Waals surface area contributed by atoms with E-state index in [1.54, 1.807) is 0 Å². The van der Waals surface area contributed by atoms with Gasteiger partial charge < -0.3 is 4.74 Å². The molecule has 0 radical (unpaired) electrons. The number of carbonyl (C=O) groups is 1. The molecule has 1 aliphatic carbocycles. The molecule has 80 valence electrons. The average Bonchev–Trinajstić information content (AvgIpc) is 3.03. The van der Waals surface area contributed by atoms with Crippen LogP contribution in [-0.2, 0) is 0 Å². The Balaban J connectivity index is 2.18. The highest BCUT2D eigenvalue weighted by atomic mass is 19.2. The van der Waals surface area contributed by atoms with Crippen molar-refractivity contribution >= 4 is 6.29 Å². The Morgan fingerprint density at radius 1 is 1.33 bits per heavy atom. The van der Waals surface area contributed by atoms with E-state index in [0.29, 0.717) is 18.8 Å². The maximum absolute atomic E-state index is 12.9. The van der Waals surface area contributed by atoms with E-state index in [-0.39, 0.29) is 11.3 Å². The van der Waals surface area contributed by atoms with E-state index in [9.17, 15) is 13.6 Å². The van der Waals surface area contributed by atoms with Gasteiger partial charge in [0.05, 0.1) is 12.2 Å². The third-order valence-corrected chi connectivity index (χ3v) is 2.35. The number of carbonyl (C=O) groups excluding carboxylic acids is 1. The molecule has 0 bridgehead atoms. The van der Waals surface area contributed by atoms with Crippen molar-refractivity contribution in [2.75, 3.05) is 6.61 Å². The molecule has 0 saturated heterocycles. The van der Waals surface area contributed by atoms with Gasteiger partial charge in [0.2, 0.25) is 0 Å². The van der Waals surface area contributed by atoms with Gasteiger partial charge in [-0.1, -0.05) is 0 Å². The summed E-state index contributed by atoms with van der Waals surface area (Å²) in [6.45, 7) is 0.464. The molecule has 0 aromatic heterocycles. The van der Waals surface area contributed by atoms with Gasteiger partial charge in [0.25, 0.3) is 0 Å². The van der Waals surface area contributed by atoms with E-state index < -0.39 is 11.6 Å². The van der Waals surface area contributed by atoms with Crippen molar-refractivity contribution in [1.82, 2.24) is 0 Å². The second kappa shape index (κ2) is 3.96. The van der Waals surface area contributed by atoms with Gasteiger partial charge in [-0.25, -0.2) is 8.78 Å². The highest BCUT2D eigenvalue weighted by Crippen LogP contribution is 2.30. The lowest BCUT2D eigenvalue weighted by Crippen LogP contribution is -2.03. The molecule has 0 unspecified atom stereocenters. The lowest BCUT2D eigenvalue weighted by molar-refractivity contribution is 0.111. The first-order valence-electron chi connectivity index (χ1n) is 4.77. The first-order valence-corrected chi connectivity index (χ1v) is 4.77. The normalized spacial score (nSPS) is 15.1. The molecule has 15 heavy (non-hydrogen) atoms. The molecule has 1 aromatic carbocycles. The summed E-state index contributed by atoms with van der Waals surface area (Å²) in [6, 6.07) is 1.77. The SMILES string of the molecule is O=Cc1cc(F)c(F)cc1OCC1CC1. The predicted octanol–water partition coefficient (Wildman–Crippen LogP) is 2.57. The Kier molecular flexibility index (Phi) is 2.66. The summed E-state index contributed by atoms with van der Waals surface area (Å²) >= 11 is 0. The monoisotopic (exact) mass is 212 g/mol. The second-order valence-electron chi connectivity index (χ2n) is 3.68. The summed E-state index contributed by atoms with van der Waals surface area (Å²) in [7, 11) is 0. The molecule has 0 atom stereocenters. The topological polar surface area (TPSA) is 26.3 Å². The van der Waals surface area contributed by atoms with Gasteiger partial charge in [0.15, 0.2) is 17.9 Å². The Morgan fingerprint density at radius 3 is 2.60 bits per heavy atom. The number of halogens is 2. The van der Waals surface area contributed by atoms with Crippen molar-refractivity contribution in [2.45, 2.75) is 12.8 Å². The van der Waals surface area contributed by atoms with E-state index in [2.05, 4.69) is 0 Å². The standard InChI is InChI=1S/C11H10F2O2/c12-9-3-8(5-14)11(4-10(9)13)15-6-7-1-2-7/h3-5,7H,1-2,6H2. The molecule has 0 heterocycles. The van der Waals surface area contributed by atoms with E-state index >= 15 is 0 Å². The van der Waals surface area contributed by atoms with Crippen LogP contribution in [0, 0.1) is 17.6 Å². The molecule has 2 rings (SSSR count). The molecule has 0 N–H and O–H groups in total. The average molecular weight is 212 g/mol. The predicted molar refractivity (Wildman–Crippen MR) is 50.0 cm³/mol. The molecule has 2 nitrogen and oxygen atoms in total. The molecule has 1 saturated carbocycles. The van der Waals surface area contributed by atoms with E-state index in [1.165, 1.54) is 0 Å². The highest BCUT2D eigenvalue weighted by Gasteiger charge is 2.22. The summed E-state index contributed by atoms with van der Waals surface area (Å²) in [5.74, 6) is -1.41. The van der Waals surface area contributed by atoms with Crippen LogP contribution in [-0.4, -0.2) is 12.9 Å². The zero-order valence-electron chi connectivity index (χ0n) is 8.00. The number of rotatable bonds is 4. The fourth-order valence-corrected chi connectivity index (χ4v) is 1.25. The summed E-state index contributed by atoms with van der Waals surface area (Å²) in [5, 5.41) is 0. The number of benzene rings is 1. The van der Waals surface area contributed by atoms with Gasteiger partial charge in [-0.3, -0.25) is 4.79 Å². The number of aldehydes is 1. The van der Waals surface area contributed by atoms with Crippen LogP contribution in [0.1, 0.15) is 23.2 Å². The molecule has 4 heteroatoms. The smallest absolute Gasteiger partial charge is 0.162 e. The van der Waals surface area contributed by atoms with E-state index in [1.807, 2.05) is 0 Å². The van der Waals surface area contributed by atoms with Crippen molar-refractivity contribution in [1.29, 1.82) is 0 Å². The lowest BCUT2D eigenvalue weighted by Gasteiger charge is -2.07. The molecule has 0 aliphatic heterocycles. The molecule has 0 amide bonds. The van der Waals surface area contributed by atoms with Gasteiger partial charge in [-0.15, -0.1) is 0 Å². The minimum absolute atomic E-state index is 0.0505.